The Hall–Kier alpha value is -1.69. The van der Waals surface area contributed by atoms with Crippen molar-refractivity contribution in [2.45, 2.75) is 31.2 Å². The van der Waals surface area contributed by atoms with Crippen molar-refractivity contribution < 1.29 is 4.79 Å². The normalized spacial score (nSPS) is 12.8. The molecule has 0 radical (unpaired) electrons. The first kappa shape index (κ1) is 14.7. The molecule has 1 aromatic heterocycles. The van der Waals surface area contributed by atoms with Crippen LogP contribution < -0.4 is 11.1 Å². The van der Waals surface area contributed by atoms with E-state index in [9.17, 15) is 4.79 Å². The minimum absolute atomic E-state index is 0.0312. The monoisotopic (exact) mass is 292 g/mol. The highest BCUT2D eigenvalue weighted by Crippen LogP contribution is 2.24. The van der Waals surface area contributed by atoms with Gasteiger partial charge in [-0.05, 0) is 31.0 Å². The molecule has 0 saturated heterocycles. The van der Waals surface area contributed by atoms with Crippen molar-refractivity contribution in [1.29, 1.82) is 0 Å². The number of H-pyrrole nitrogens is 1. The van der Waals surface area contributed by atoms with Gasteiger partial charge in [0.05, 0.1) is 16.3 Å². The molecule has 1 heterocycles. The number of imidazole rings is 1. The number of benzene rings is 1. The summed E-state index contributed by atoms with van der Waals surface area (Å²) in [4.78, 5) is 19.5. The average Bonchev–Trinajstić information content (AvgIpc) is 2.76. The number of carbonyl (C=O) groups excluding carboxylic acids is 1. The summed E-state index contributed by atoms with van der Waals surface area (Å²) in [5.41, 5.74) is 8.18. The van der Waals surface area contributed by atoms with Crippen molar-refractivity contribution in [3.8, 4) is 0 Å². The third kappa shape index (κ3) is 3.66. The molecule has 2 aromatic rings. The molecular weight excluding hydrogens is 272 g/mol. The number of aromatic amines is 1. The highest BCUT2D eigenvalue weighted by atomic mass is 32.2. The Morgan fingerprint density at radius 3 is 2.90 bits per heavy atom. The van der Waals surface area contributed by atoms with E-state index in [1.54, 1.807) is 0 Å². The molecule has 20 heavy (non-hydrogen) atoms. The molecule has 0 bridgehead atoms. The largest absolute Gasteiger partial charge is 0.399 e. The lowest BCUT2D eigenvalue weighted by Gasteiger charge is -2.11. The van der Waals surface area contributed by atoms with E-state index >= 15 is 0 Å². The molecule has 4 N–H and O–H groups in total. The van der Waals surface area contributed by atoms with Crippen LogP contribution in [0.4, 0.5) is 5.69 Å². The van der Waals surface area contributed by atoms with Crippen LogP contribution in [0.3, 0.4) is 0 Å². The van der Waals surface area contributed by atoms with Gasteiger partial charge in [-0.3, -0.25) is 4.79 Å². The second-order valence-electron chi connectivity index (χ2n) is 5.22. The summed E-state index contributed by atoms with van der Waals surface area (Å²) in [7, 11) is 0. The fourth-order valence-electron chi connectivity index (χ4n) is 1.73. The molecular formula is C14H20N4OS. The lowest BCUT2D eigenvalue weighted by Crippen LogP contribution is -2.33. The smallest absolute Gasteiger partial charge is 0.233 e. The molecule has 6 heteroatoms. The van der Waals surface area contributed by atoms with E-state index < -0.39 is 0 Å². The standard InChI is InChI=1S/C14H20N4OS/c1-8(2)7-16-13(19)9(3)20-14-17-11-5-4-10(15)6-12(11)18-14/h4-6,8-9H,7,15H2,1-3H3,(H,16,19)(H,17,18). The Labute approximate surface area is 122 Å². The summed E-state index contributed by atoms with van der Waals surface area (Å²) in [6.45, 7) is 6.71. The minimum Gasteiger partial charge on any atom is -0.399 e. The van der Waals surface area contributed by atoms with Gasteiger partial charge < -0.3 is 16.0 Å². The lowest BCUT2D eigenvalue weighted by atomic mass is 10.2. The van der Waals surface area contributed by atoms with Gasteiger partial charge >= 0.3 is 0 Å². The average molecular weight is 292 g/mol. The number of rotatable bonds is 5. The third-order valence-corrected chi connectivity index (χ3v) is 3.81. The van der Waals surface area contributed by atoms with Crippen molar-refractivity contribution in [2.24, 2.45) is 5.92 Å². The van der Waals surface area contributed by atoms with Crippen molar-refractivity contribution in [1.82, 2.24) is 15.3 Å². The van der Waals surface area contributed by atoms with E-state index in [1.165, 1.54) is 11.8 Å². The number of nitrogens with one attached hydrogen (secondary N) is 2. The first-order valence-corrected chi connectivity index (χ1v) is 7.53. The number of hydrogen-bond donors (Lipinski definition) is 3. The van der Waals surface area contributed by atoms with Gasteiger partial charge in [-0.2, -0.15) is 0 Å². The SMILES string of the molecule is CC(C)CNC(=O)C(C)Sc1nc2ccc(N)cc2[nH]1. The summed E-state index contributed by atoms with van der Waals surface area (Å²) in [6.07, 6.45) is 0. The van der Waals surface area contributed by atoms with Crippen LogP contribution in [0.1, 0.15) is 20.8 Å². The molecule has 2 rings (SSSR count). The van der Waals surface area contributed by atoms with Gasteiger partial charge in [0.1, 0.15) is 0 Å². The van der Waals surface area contributed by atoms with Crippen LogP contribution in [0.25, 0.3) is 11.0 Å². The van der Waals surface area contributed by atoms with Crippen LogP contribution in [-0.2, 0) is 4.79 Å². The number of aromatic nitrogens is 2. The van der Waals surface area contributed by atoms with Gasteiger partial charge in [-0.25, -0.2) is 4.98 Å². The molecule has 1 unspecified atom stereocenters. The summed E-state index contributed by atoms with van der Waals surface area (Å²) in [5, 5.41) is 3.47. The van der Waals surface area contributed by atoms with Gasteiger partial charge in [-0.15, -0.1) is 0 Å². The maximum absolute atomic E-state index is 11.9. The van der Waals surface area contributed by atoms with Crippen molar-refractivity contribution in [3.63, 3.8) is 0 Å². The topological polar surface area (TPSA) is 83.8 Å². The van der Waals surface area contributed by atoms with E-state index in [0.717, 1.165) is 16.2 Å². The maximum atomic E-state index is 11.9. The fraction of sp³-hybridized carbons (Fsp3) is 0.429. The molecule has 0 spiro atoms. The van der Waals surface area contributed by atoms with Crippen LogP contribution in [0, 0.1) is 5.92 Å². The lowest BCUT2D eigenvalue weighted by molar-refractivity contribution is -0.120. The highest BCUT2D eigenvalue weighted by Gasteiger charge is 2.16. The van der Waals surface area contributed by atoms with Gasteiger partial charge in [0.2, 0.25) is 5.91 Å². The summed E-state index contributed by atoms with van der Waals surface area (Å²) < 4.78 is 0. The van der Waals surface area contributed by atoms with Crippen LogP contribution in [0.5, 0.6) is 0 Å². The predicted octanol–water partition coefficient (Wildman–Crippen LogP) is 2.40. The van der Waals surface area contributed by atoms with Crippen LogP contribution in [0.2, 0.25) is 0 Å². The Morgan fingerprint density at radius 1 is 1.45 bits per heavy atom. The summed E-state index contributed by atoms with van der Waals surface area (Å²) in [5.74, 6) is 0.481. The van der Waals surface area contributed by atoms with E-state index in [-0.39, 0.29) is 11.2 Å². The van der Waals surface area contributed by atoms with Crippen LogP contribution in [-0.4, -0.2) is 27.7 Å². The summed E-state index contributed by atoms with van der Waals surface area (Å²) in [6, 6.07) is 5.53. The Morgan fingerprint density at radius 2 is 2.20 bits per heavy atom. The van der Waals surface area contributed by atoms with Gasteiger partial charge in [0.15, 0.2) is 5.16 Å². The zero-order valence-electron chi connectivity index (χ0n) is 11.9. The molecule has 108 valence electrons. The zero-order valence-corrected chi connectivity index (χ0v) is 12.8. The van der Waals surface area contributed by atoms with Crippen LogP contribution >= 0.6 is 11.8 Å². The first-order valence-electron chi connectivity index (χ1n) is 6.65. The summed E-state index contributed by atoms with van der Waals surface area (Å²) >= 11 is 1.42. The number of hydrogen-bond acceptors (Lipinski definition) is 4. The van der Waals surface area contributed by atoms with Crippen molar-refractivity contribution >= 4 is 34.4 Å². The molecule has 0 aliphatic heterocycles. The Balaban J connectivity index is 2.02. The second kappa shape index (κ2) is 6.17. The third-order valence-electron chi connectivity index (χ3n) is 2.83. The molecule has 0 aliphatic rings. The number of nitrogens with two attached hydrogens (primary N) is 1. The van der Waals surface area contributed by atoms with Gasteiger partial charge in [0, 0.05) is 12.2 Å². The quantitative estimate of drug-likeness (QED) is 0.583. The Kier molecular flexibility index (Phi) is 4.54. The number of carbonyl (C=O) groups is 1. The molecule has 0 fully saturated rings. The van der Waals surface area contributed by atoms with Gasteiger partial charge in [-0.1, -0.05) is 25.6 Å². The minimum atomic E-state index is -0.188. The van der Waals surface area contributed by atoms with E-state index in [2.05, 4.69) is 29.1 Å². The van der Waals surface area contributed by atoms with E-state index in [0.29, 0.717) is 18.2 Å². The van der Waals surface area contributed by atoms with E-state index in [4.69, 9.17) is 5.73 Å². The van der Waals surface area contributed by atoms with E-state index in [1.807, 2.05) is 25.1 Å². The number of thioether (sulfide) groups is 1. The fourth-order valence-corrected chi connectivity index (χ4v) is 2.57. The number of amides is 1. The second-order valence-corrected chi connectivity index (χ2v) is 6.55. The predicted molar refractivity (Wildman–Crippen MR) is 83.7 cm³/mol. The molecule has 1 atom stereocenters. The Bertz CT molecular complexity index is 608. The molecule has 1 aromatic carbocycles. The number of fused-ring (bicyclic) bond motifs is 1. The van der Waals surface area contributed by atoms with Crippen molar-refractivity contribution in [2.75, 3.05) is 12.3 Å². The van der Waals surface area contributed by atoms with Crippen LogP contribution in [0.15, 0.2) is 23.4 Å². The van der Waals surface area contributed by atoms with Crippen molar-refractivity contribution in [3.05, 3.63) is 18.2 Å². The number of anilines is 1. The highest BCUT2D eigenvalue weighted by molar-refractivity contribution is 8.00. The maximum Gasteiger partial charge on any atom is 0.233 e. The number of nitrogens with zero attached hydrogens (tertiary/aromatic N) is 1. The first-order chi connectivity index (χ1) is 9.45. The molecule has 5 nitrogen and oxygen atoms in total. The number of nitrogen functional groups attached to an aromatic ring is 1. The zero-order chi connectivity index (χ0) is 14.7. The van der Waals surface area contributed by atoms with Gasteiger partial charge in [0.25, 0.3) is 0 Å². The molecule has 1 amide bonds. The molecule has 0 saturated carbocycles. The molecule has 0 aliphatic carbocycles.